The van der Waals surface area contributed by atoms with E-state index in [4.69, 9.17) is 24.3 Å². The number of phosphoric ester groups is 1. The molecule has 1 aliphatic carbocycles. The summed E-state index contributed by atoms with van der Waals surface area (Å²) in [5.74, 6) is -0.268. The van der Waals surface area contributed by atoms with Gasteiger partial charge in [-0.15, -0.1) is 0 Å². The predicted octanol–water partition coefficient (Wildman–Crippen LogP) is -3.06. The number of alkyl halides is 1. The zero-order valence-corrected chi connectivity index (χ0v) is 21.7. The maximum atomic E-state index is 15.0. The molecule has 0 radical (unpaired) electrons. The highest BCUT2D eigenvalue weighted by atomic mass is 31.2. The molecule has 0 bridgehead atoms. The molecule has 0 amide bonds. The van der Waals surface area contributed by atoms with Crippen LogP contribution in [0.25, 0.3) is 22.3 Å². The molecule has 20 nitrogen and oxygen atoms in total. The number of nitrogens with zero attached hydrogens (tertiary/aromatic N) is 6. The van der Waals surface area contributed by atoms with Crippen LogP contribution in [0.3, 0.4) is 0 Å². The van der Waals surface area contributed by atoms with Crippen molar-refractivity contribution in [1.82, 2.24) is 39.0 Å². The van der Waals surface area contributed by atoms with Gasteiger partial charge in [-0.2, -0.15) is 4.98 Å². The van der Waals surface area contributed by atoms with Gasteiger partial charge < -0.3 is 40.4 Å². The van der Waals surface area contributed by atoms with Crippen molar-refractivity contribution in [2.45, 2.75) is 54.7 Å². The largest absolute Gasteiger partial charge is 0.472 e. The fourth-order valence-electron chi connectivity index (χ4n) is 5.24. The third-order valence-electron chi connectivity index (χ3n) is 7.41. The highest BCUT2D eigenvalue weighted by Crippen LogP contribution is 2.60. The number of ether oxygens (including phenoxy) is 2. The molecule has 42 heavy (non-hydrogen) atoms. The Morgan fingerprint density at radius 2 is 1.79 bits per heavy atom. The van der Waals surface area contributed by atoms with Crippen molar-refractivity contribution in [2.24, 2.45) is 0 Å². The number of hydrogen-bond donors (Lipinski definition) is 7. The molecule has 2 saturated heterocycles. The topological polar surface area (TPSA) is 288 Å². The average Bonchev–Trinajstić information content (AvgIpc) is 3.47. The second-order valence-electron chi connectivity index (χ2n) is 9.90. The molecule has 1 saturated carbocycles. The Morgan fingerprint density at radius 3 is 2.52 bits per heavy atom. The summed E-state index contributed by atoms with van der Waals surface area (Å²) in [6.07, 6.45) is -9.58. The number of aliphatic hydroxyl groups is 3. The number of fused-ring (bicyclic) bond motifs is 3. The summed E-state index contributed by atoms with van der Waals surface area (Å²) in [5.41, 5.74) is 1.80. The minimum absolute atomic E-state index is 0.0281. The van der Waals surface area contributed by atoms with Crippen LogP contribution >= 0.6 is 7.82 Å². The van der Waals surface area contributed by atoms with Gasteiger partial charge in [-0.1, -0.05) is 0 Å². The van der Waals surface area contributed by atoms with Crippen molar-refractivity contribution >= 4 is 36.1 Å². The number of phosphoric acid groups is 1. The van der Waals surface area contributed by atoms with Crippen LogP contribution in [0, 0.1) is 0 Å². The van der Waals surface area contributed by atoms with Crippen LogP contribution in [0.1, 0.15) is 12.5 Å². The van der Waals surface area contributed by atoms with E-state index in [1.54, 1.807) is 0 Å². The van der Waals surface area contributed by atoms with Crippen molar-refractivity contribution in [3.8, 4) is 0 Å². The highest BCUT2D eigenvalue weighted by molar-refractivity contribution is 7.47. The minimum atomic E-state index is -5.15. The van der Waals surface area contributed by atoms with Gasteiger partial charge in [0.1, 0.15) is 30.5 Å². The SMILES string of the molecule is Nc1nc2c(ncn2[C@@H]2O[C@@H]3C(O)[C@]3(O)[C@H]2OP(=O)(O)OC[C@H]2O[C@@H](n3cnc4c(=O)[nH]cnc43)[C@H](F)[C@@H]2O)c(=O)[nH]1. The number of hydrogen-bond acceptors (Lipinski definition) is 15. The first-order chi connectivity index (χ1) is 19.9. The third-order valence-corrected chi connectivity index (χ3v) is 8.38. The van der Waals surface area contributed by atoms with Crippen LogP contribution in [0.5, 0.6) is 0 Å². The molecule has 2 aliphatic heterocycles. The molecule has 3 aliphatic rings. The van der Waals surface area contributed by atoms with E-state index in [1.165, 1.54) is 0 Å². The number of anilines is 1. The van der Waals surface area contributed by atoms with E-state index >= 15 is 4.39 Å². The molecular formula is C20H21FN9O11P. The van der Waals surface area contributed by atoms with Gasteiger partial charge in [0.15, 0.2) is 46.6 Å². The van der Waals surface area contributed by atoms with Crippen molar-refractivity contribution in [3.63, 3.8) is 0 Å². The van der Waals surface area contributed by atoms with Crippen molar-refractivity contribution in [3.05, 3.63) is 39.7 Å². The molecule has 224 valence electrons. The average molecular weight is 613 g/mol. The van der Waals surface area contributed by atoms with E-state index in [-0.39, 0.29) is 28.3 Å². The summed E-state index contributed by atoms with van der Waals surface area (Å²) in [4.78, 5) is 54.9. The highest BCUT2D eigenvalue weighted by Gasteiger charge is 2.78. The van der Waals surface area contributed by atoms with Gasteiger partial charge in [-0.05, 0) is 0 Å². The van der Waals surface area contributed by atoms with E-state index in [2.05, 4.69) is 29.9 Å². The number of rotatable bonds is 7. The lowest BCUT2D eigenvalue weighted by Crippen LogP contribution is -2.39. The maximum absolute atomic E-state index is 15.0. The van der Waals surface area contributed by atoms with E-state index < -0.39 is 80.3 Å². The second kappa shape index (κ2) is 9.17. The van der Waals surface area contributed by atoms with Crippen molar-refractivity contribution < 1.29 is 47.7 Å². The predicted molar refractivity (Wildman–Crippen MR) is 131 cm³/mol. The zero-order chi connectivity index (χ0) is 29.7. The first kappa shape index (κ1) is 27.2. The zero-order valence-electron chi connectivity index (χ0n) is 20.8. The molecule has 3 fully saturated rings. The molecule has 8 N–H and O–H groups in total. The molecule has 4 aromatic rings. The quantitative estimate of drug-likeness (QED) is 0.102. The van der Waals surface area contributed by atoms with E-state index in [0.29, 0.717) is 0 Å². The van der Waals surface area contributed by atoms with Crippen LogP contribution < -0.4 is 16.9 Å². The maximum Gasteiger partial charge on any atom is 0.472 e. The molecule has 0 aromatic carbocycles. The van der Waals surface area contributed by atoms with E-state index in [1.807, 2.05) is 0 Å². The fraction of sp³-hybridized carbons (Fsp3) is 0.500. The summed E-state index contributed by atoms with van der Waals surface area (Å²) >= 11 is 0. The molecule has 7 rings (SSSR count). The lowest BCUT2D eigenvalue weighted by molar-refractivity contribution is -0.0969. The van der Waals surface area contributed by atoms with Gasteiger partial charge >= 0.3 is 7.82 Å². The lowest BCUT2D eigenvalue weighted by atomic mass is 10.1. The van der Waals surface area contributed by atoms with Gasteiger partial charge in [0.2, 0.25) is 5.95 Å². The van der Waals surface area contributed by atoms with Crippen molar-refractivity contribution in [1.29, 1.82) is 0 Å². The van der Waals surface area contributed by atoms with Gasteiger partial charge in [0.25, 0.3) is 11.1 Å². The number of halogens is 1. The van der Waals surface area contributed by atoms with Crippen LogP contribution in [-0.2, 0) is 23.1 Å². The summed E-state index contributed by atoms with van der Waals surface area (Å²) in [6, 6.07) is 0. The summed E-state index contributed by atoms with van der Waals surface area (Å²) in [5, 5.41) is 31.5. The monoisotopic (exact) mass is 613 g/mol. The molecule has 4 aromatic heterocycles. The van der Waals surface area contributed by atoms with Gasteiger partial charge in [0, 0.05) is 0 Å². The Balaban J connectivity index is 1.10. The van der Waals surface area contributed by atoms with Crippen molar-refractivity contribution in [2.75, 3.05) is 12.3 Å². The number of nitrogens with one attached hydrogen (secondary N) is 2. The molecule has 0 spiro atoms. The van der Waals surface area contributed by atoms with Crippen LogP contribution in [-0.4, -0.2) is 108 Å². The first-order valence-corrected chi connectivity index (χ1v) is 13.7. The molecule has 10 atom stereocenters. The Hall–Kier alpha value is -3.66. The standard InChI is InChI=1S/C20H21FN9O11P/c21-6-9(31)5(39-17(6)29-3-25-7-13(29)23-2-24-15(7)33)1-38-42(36,37)41-12-18(40-11-10(32)20(11,12)35)30-4-26-8-14(30)27-19(22)28-16(8)34/h2-6,9-12,17-18,31-32,35H,1H2,(H,36,37)(H,23,24,33)(H3,22,27,28,34)/t5-,6-,9-,10?,11-,12+,17-,18-,20-/m1/s1. The molecule has 2 unspecified atom stereocenters. The number of nitrogens with two attached hydrogens (primary N) is 1. The fourth-order valence-corrected chi connectivity index (χ4v) is 6.20. The number of aromatic nitrogens is 8. The Morgan fingerprint density at radius 1 is 1.10 bits per heavy atom. The van der Waals surface area contributed by atoms with Gasteiger partial charge in [-0.3, -0.25) is 32.8 Å². The number of H-pyrrole nitrogens is 2. The summed E-state index contributed by atoms with van der Waals surface area (Å²) in [7, 11) is -5.15. The Labute approximate surface area is 230 Å². The van der Waals surface area contributed by atoms with Gasteiger partial charge in [0.05, 0.1) is 25.6 Å². The second-order valence-corrected chi connectivity index (χ2v) is 11.3. The third kappa shape index (κ3) is 3.94. The number of aromatic amines is 2. The number of nitrogen functional groups attached to an aromatic ring is 1. The van der Waals surface area contributed by atoms with E-state index in [0.717, 1.165) is 28.1 Å². The van der Waals surface area contributed by atoms with Crippen LogP contribution in [0.15, 0.2) is 28.6 Å². The smallest absolute Gasteiger partial charge is 0.387 e. The normalized spacial score (nSPS) is 35.5. The Bertz CT molecular complexity index is 1880. The van der Waals surface area contributed by atoms with Crippen LogP contribution in [0.4, 0.5) is 10.3 Å². The lowest BCUT2D eigenvalue weighted by Gasteiger charge is -2.28. The van der Waals surface area contributed by atoms with E-state index in [9.17, 15) is 34.4 Å². The van der Waals surface area contributed by atoms with Gasteiger partial charge in [-0.25, -0.2) is 23.9 Å². The molecule has 6 heterocycles. The summed E-state index contributed by atoms with van der Waals surface area (Å²) in [6.45, 7) is -0.864. The minimum Gasteiger partial charge on any atom is -0.387 e. The number of imidazole rings is 2. The van der Waals surface area contributed by atoms with Crippen LogP contribution in [0.2, 0.25) is 0 Å². The first-order valence-electron chi connectivity index (χ1n) is 12.2. The Kier molecular flexibility index (Phi) is 5.94. The molecular weight excluding hydrogens is 592 g/mol. The number of aliphatic hydroxyl groups excluding tert-OH is 2. The summed E-state index contributed by atoms with van der Waals surface area (Å²) < 4.78 is 51.6. The molecule has 22 heteroatoms.